The maximum absolute atomic E-state index is 11.9. The first-order valence-electron chi connectivity index (χ1n) is 6.64. The average molecular weight is 285 g/mol. The Labute approximate surface area is 119 Å². The van der Waals surface area contributed by atoms with Crippen molar-refractivity contribution in [2.24, 2.45) is 5.92 Å². The summed E-state index contributed by atoms with van der Waals surface area (Å²) in [7, 11) is 1.55. The highest BCUT2D eigenvalue weighted by Gasteiger charge is 2.13. The molecule has 0 aliphatic heterocycles. The summed E-state index contributed by atoms with van der Waals surface area (Å²) < 4.78 is 4.92. The molecule has 7 nitrogen and oxygen atoms in total. The Bertz CT molecular complexity index is 341. The van der Waals surface area contributed by atoms with Gasteiger partial charge in [0.05, 0.1) is 25.0 Å². The van der Waals surface area contributed by atoms with Crippen LogP contribution < -0.4 is 5.32 Å². The van der Waals surface area contributed by atoms with Crippen LogP contribution in [0.4, 0.5) is 4.79 Å². The molecule has 0 aromatic heterocycles. The molecule has 114 valence electrons. The van der Waals surface area contributed by atoms with E-state index in [-0.39, 0.29) is 12.5 Å². The minimum atomic E-state index is -0.827. The van der Waals surface area contributed by atoms with Crippen molar-refractivity contribution in [3.8, 4) is 6.07 Å². The predicted octanol–water partition coefficient (Wildman–Crippen LogP) is 1.06. The van der Waals surface area contributed by atoms with Crippen LogP contribution in [0.15, 0.2) is 0 Å². The number of carboxylic acids is 1. The van der Waals surface area contributed by atoms with Gasteiger partial charge in [0.25, 0.3) is 0 Å². The van der Waals surface area contributed by atoms with E-state index in [1.807, 2.05) is 6.07 Å². The zero-order valence-electron chi connectivity index (χ0n) is 12.1. The van der Waals surface area contributed by atoms with E-state index in [4.69, 9.17) is 15.1 Å². The quantitative estimate of drug-likeness (QED) is 0.584. The molecule has 0 spiro atoms. The molecule has 0 aliphatic carbocycles. The molecular formula is C13H23N3O4. The smallest absolute Gasteiger partial charge is 0.317 e. The minimum absolute atomic E-state index is 0.250. The number of urea groups is 1. The van der Waals surface area contributed by atoms with Crippen molar-refractivity contribution in [1.29, 1.82) is 5.26 Å². The molecule has 0 radical (unpaired) electrons. The van der Waals surface area contributed by atoms with E-state index in [0.29, 0.717) is 39.1 Å². The van der Waals surface area contributed by atoms with E-state index in [1.165, 1.54) is 4.90 Å². The number of hydrogen-bond donors (Lipinski definition) is 2. The van der Waals surface area contributed by atoms with Crippen molar-refractivity contribution in [2.75, 3.05) is 33.4 Å². The lowest BCUT2D eigenvalue weighted by Crippen LogP contribution is -2.42. The second kappa shape index (κ2) is 11.1. The van der Waals surface area contributed by atoms with Crippen molar-refractivity contribution >= 4 is 12.0 Å². The average Bonchev–Trinajstić information content (AvgIpc) is 2.43. The van der Waals surface area contributed by atoms with Gasteiger partial charge in [-0.3, -0.25) is 4.79 Å². The van der Waals surface area contributed by atoms with Crippen LogP contribution in [0.25, 0.3) is 0 Å². The predicted molar refractivity (Wildman–Crippen MR) is 73.1 cm³/mol. The van der Waals surface area contributed by atoms with Gasteiger partial charge in [-0.2, -0.15) is 5.26 Å². The van der Waals surface area contributed by atoms with Gasteiger partial charge < -0.3 is 20.1 Å². The summed E-state index contributed by atoms with van der Waals surface area (Å²) in [5.41, 5.74) is 0. The highest BCUT2D eigenvalue weighted by atomic mass is 16.5. The number of methoxy groups -OCH3 is 1. The maximum atomic E-state index is 11.9. The fraction of sp³-hybridized carbons (Fsp3) is 0.769. The third kappa shape index (κ3) is 8.32. The van der Waals surface area contributed by atoms with Gasteiger partial charge in [0.15, 0.2) is 0 Å². The summed E-state index contributed by atoms with van der Waals surface area (Å²) in [5, 5.41) is 20.0. The van der Waals surface area contributed by atoms with Crippen LogP contribution in [0.3, 0.4) is 0 Å². The molecule has 0 bridgehead atoms. The zero-order valence-corrected chi connectivity index (χ0v) is 12.1. The van der Waals surface area contributed by atoms with Gasteiger partial charge in [0, 0.05) is 26.7 Å². The molecule has 20 heavy (non-hydrogen) atoms. The van der Waals surface area contributed by atoms with Crippen LogP contribution >= 0.6 is 0 Å². The second-order valence-corrected chi connectivity index (χ2v) is 4.50. The van der Waals surface area contributed by atoms with Gasteiger partial charge in [0.1, 0.15) is 0 Å². The summed E-state index contributed by atoms with van der Waals surface area (Å²) in [6, 6.07) is 1.75. The van der Waals surface area contributed by atoms with E-state index >= 15 is 0 Å². The number of carbonyl (C=O) groups excluding carboxylic acids is 1. The van der Waals surface area contributed by atoms with Crippen LogP contribution in [0, 0.1) is 17.2 Å². The molecule has 0 aromatic carbocycles. The Hall–Kier alpha value is -1.81. The van der Waals surface area contributed by atoms with Gasteiger partial charge in [0.2, 0.25) is 0 Å². The van der Waals surface area contributed by atoms with Crippen LogP contribution in [0.2, 0.25) is 0 Å². The second-order valence-electron chi connectivity index (χ2n) is 4.50. The number of amides is 2. The van der Waals surface area contributed by atoms with Gasteiger partial charge >= 0.3 is 12.0 Å². The lowest BCUT2D eigenvalue weighted by molar-refractivity contribution is -0.141. The number of hydrogen-bond acceptors (Lipinski definition) is 4. The van der Waals surface area contributed by atoms with E-state index in [1.54, 1.807) is 14.0 Å². The number of rotatable bonds is 10. The summed E-state index contributed by atoms with van der Waals surface area (Å²) in [6.07, 6.45) is 1.40. The molecule has 1 atom stereocenters. The molecule has 0 saturated carbocycles. The normalized spacial score (nSPS) is 11.4. The highest BCUT2D eigenvalue weighted by molar-refractivity contribution is 5.74. The first kappa shape index (κ1) is 18.2. The van der Waals surface area contributed by atoms with Crippen molar-refractivity contribution in [1.82, 2.24) is 10.2 Å². The Morgan fingerprint density at radius 3 is 2.70 bits per heavy atom. The third-order valence-electron chi connectivity index (χ3n) is 2.86. The lowest BCUT2D eigenvalue weighted by Gasteiger charge is -2.21. The van der Waals surface area contributed by atoms with Crippen LogP contribution in [0.1, 0.15) is 26.2 Å². The van der Waals surface area contributed by atoms with E-state index < -0.39 is 11.9 Å². The Morgan fingerprint density at radius 1 is 1.45 bits per heavy atom. The third-order valence-corrected chi connectivity index (χ3v) is 2.86. The number of carbonyl (C=O) groups is 2. The monoisotopic (exact) mass is 285 g/mol. The number of ether oxygens (including phenoxy) is 1. The van der Waals surface area contributed by atoms with Gasteiger partial charge in [-0.1, -0.05) is 6.92 Å². The molecule has 1 unspecified atom stereocenters. The van der Waals surface area contributed by atoms with Crippen molar-refractivity contribution in [2.45, 2.75) is 26.2 Å². The lowest BCUT2D eigenvalue weighted by atomic mass is 10.1. The minimum Gasteiger partial charge on any atom is -0.481 e. The highest BCUT2D eigenvalue weighted by Crippen LogP contribution is 2.04. The van der Waals surface area contributed by atoms with Crippen LogP contribution in [0.5, 0.6) is 0 Å². The fourth-order valence-electron chi connectivity index (χ4n) is 1.54. The summed E-state index contributed by atoms with van der Waals surface area (Å²) in [6.45, 7) is 3.26. The van der Waals surface area contributed by atoms with E-state index in [0.717, 1.165) is 0 Å². The number of carboxylic acid groups (broad SMARTS) is 1. The standard InChI is InChI=1S/C13H23N3O4/c1-11(12(17)18)5-3-7-15-13(19)16(8-4-6-14)9-10-20-2/h11H,3-5,7-10H2,1-2H3,(H,15,19)(H,17,18). The zero-order chi connectivity index (χ0) is 15.4. The molecule has 2 N–H and O–H groups in total. The molecule has 0 aliphatic rings. The largest absolute Gasteiger partial charge is 0.481 e. The Morgan fingerprint density at radius 2 is 2.15 bits per heavy atom. The number of nitrogens with zero attached hydrogens (tertiary/aromatic N) is 2. The first-order chi connectivity index (χ1) is 9.52. The maximum Gasteiger partial charge on any atom is 0.317 e. The summed E-state index contributed by atoms with van der Waals surface area (Å²) >= 11 is 0. The van der Waals surface area contributed by atoms with Crippen LogP contribution in [-0.2, 0) is 9.53 Å². The van der Waals surface area contributed by atoms with Crippen molar-refractivity contribution < 1.29 is 19.4 Å². The summed E-state index contributed by atoms with van der Waals surface area (Å²) in [5.74, 6) is -1.23. The molecule has 0 heterocycles. The molecular weight excluding hydrogens is 262 g/mol. The first-order valence-corrected chi connectivity index (χ1v) is 6.64. The van der Waals surface area contributed by atoms with E-state index in [2.05, 4.69) is 5.32 Å². The summed E-state index contributed by atoms with van der Waals surface area (Å²) in [4.78, 5) is 24.0. The molecule has 0 saturated heterocycles. The fourth-order valence-corrected chi connectivity index (χ4v) is 1.54. The Balaban J connectivity index is 3.99. The number of nitrogens with one attached hydrogen (secondary N) is 1. The van der Waals surface area contributed by atoms with Crippen molar-refractivity contribution in [3.63, 3.8) is 0 Å². The molecule has 0 rings (SSSR count). The molecule has 7 heteroatoms. The molecule has 0 fully saturated rings. The molecule has 0 aromatic rings. The number of aliphatic carboxylic acids is 1. The SMILES string of the molecule is COCCN(CCC#N)C(=O)NCCCC(C)C(=O)O. The Kier molecular flexibility index (Phi) is 10.1. The molecule has 2 amide bonds. The van der Waals surface area contributed by atoms with Crippen molar-refractivity contribution in [3.05, 3.63) is 0 Å². The van der Waals surface area contributed by atoms with Gasteiger partial charge in [-0.05, 0) is 12.8 Å². The topological polar surface area (TPSA) is 103 Å². The van der Waals surface area contributed by atoms with E-state index in [9.17, 15) is 9.59 Å². The van der Waals surface area contributed by atoms with Gasteiger partial charge in [-0.15, -0.1) is 0 Å². The number of nitriles is 1. The van der Waals surface area contributed by atoms with Gasteiger partial charge in [-0.25, -0.2) is 4.79 Å². The van der Waals surface area contributed by atoms with Crippen LogP contribution in [-0.4, -0.2) is 55.4 Å².